The van der Waals surface area contributed by atoms with E-state index >= 15 is 0 Å². The van der Waals surface area contributed by atoms with Gasteiger partial charge in [-0.25, -0.2) is 9.48 Å². The Bertz CT molecular complexity index is 1330. The van der Waals surface area contributed by atoms with Gasteiger partial charge < -0.3 is 14.8 Å². The number of nitrogens with one attached hydrogen (secondary N) is 1. The van der Waals surface area contributed by atoms with E-state index in [4.69, 9.17) is 21.1 Å². The number of esters is 1. The maximum atomic E-state index is 12.9. The number of nitro groups is 1. The summed E-state index contributed by atoms with van der Waals surface area (Å²) in [6.07, 6.45) is 0. The zero-order valence-corrected chi connectivity index (χ0v) is 20.7. The molecule has 2 heterocycles. The molecule has 0 saturated heterocycles. The lowest BCUT2D eigenvalue weighted by molar-refractivity contribution is -0.385. The molecule has 1 aromatic heterocycles. The van der Waals surface area contributed by atoms with Crippen LogP contribution in [0.3, 0.4) is 0 Å². The van der Waals surface area contributed by atoms with Gasteiger partial charge in [-0.05, 0) is 37.1 Å². The van der Waals surface area contributed by atoms with Crippen LogP contribution in [0.5, 0.6) is 5.75 Å². The fourth-order valence-electron chi connectivity index (χ4n) is 3.75. The number of anilines is 1. The van der Waals surface area contributed by atoms with Gasteiger partial charge in [0.25, 0.3) is 0 Å². The normalized spacial score (nSPS) is 14.8. The molecule has 1 aliphatic heterocycles. The van der Waals surface area contributed by atoms with Crippen LogP contribution in [-0.2, 0) is 15.3 Å². The van der Waals surface area contributed by atoms with E-state index in [9.17, 15) is 14.9 Å². The molecule has 1 atom stereocenters. The molecule has 1 aliphatic rings. The molecule has 0 amide bonds. The second kappa shape index (κ2) is 10.4. The Balaban J connectivity index is 1.77. The fraction of sp³-hybridized carbons (Fsp3) is 0.261. The zero-order chi connectivity index (χ0) is 25.1. The summed E-state index contributed by atoms with van der Waals surface area (Å²) >= 11 is 7.65. The Morgan fingerprint density at radius 1 is 1.31 bits per heavy atom. The van der Waals surface area contributed by atoms with Gasteiger partial charge in [-0.15, -0.1) is 5.10 Å². The summed E-state index contributed by atoms with van der Waals surface area (Å²) in [6.45, 7) is 3.61. The van der Waals surface area contributed by atoms with Crippen molar-refractivity contribution >= 4 is 41.0 Å². The molecule has 0 fully saturated rings. The number of aromatic nitrogens is 3. The summed E-state index contributed by atoms with van der Waals surface area (Å²) in [6, 6.07) is 11.2. The van der Waals surface area contributed by atoms with Gasteiger partial charge in [0.15, 0.2) is 5.75 Å². The van der Waals surface area contributed by atoms with Gasteiger partial charge in [0, 0.05) is 22.5 Å². The van der Waals surface area contributed by atoms with Crippen molar-refractivity contribution < 1.29 is 19.2 Å². The molecule has 10 nitrogen and oxygen atoms in total. The van der Waals surface area contributed by atoms with Gasteiger partial charge in [0.2, 0.25) is 11.1 Å². The number of halogens is 1. The van der Waals surface area contributed by atoms with Gasteiger partial charge in [-0.3, -0.25) is 10.1 Å². The second-order valence-electron chi connectivity index (χ2n) is 7.52. The molecule has 35 heavy (non-hydrogen) atoms. The summed E-state index contributed by atoms with van der Waals surface area (Å²) in [5.74, 6) is 0.507. The van der Waals surface area contributed by atoms with Crippen molar-refractivity contribution in [2.24, 2.45) is 0 Å². The van der Waals surface area contributed by atoms with E-state index in [0.717, 1.165) is 5.56 Å². The van der Waals surface area contributed by atoms with Crippen LogP contribution < -0.4 is 10.1 Å². The Hall–Kier alpha value is -3.57. The third-order valence-electron chi connectivity index (χ3n) is 5.36. The zero-order valence-electron chi connectivity index (χ0n) is 19.1. The first-order valence-electron chi connectivity index (χ1n) is 10.6. The molecule has 1 N–H and O–H groups in total. The molecule has 3 aromatic rings. The standard InChI is InChI=1S/C23H22ClN5O5S/c1-4-34-21(30)19-13(2)25-22-26-23(35-12-15-7-5-6-8-16(15)24)27-28(22)20(19)14-9-10-18(33-3)17(11-14)29(31)32/h5-11,20H,4,12H2,1-3H3,(H,25,26,27). The quantitative estimate of drug-likeness (QED) is 0.191. The van der Waals surface area contributed by atoms with E-state index in [1.165, 1.54) is 31.0 Å². The van der Waals surface area contributed by atoms with E-state index in [2.05, 4.69) is 15.4 Å². The third-order valence-corrected chi connectivity index (χ3v) is 6.61. The summed E-state index contributed by atoms with van der Waals surface area (Å²) in [5.41, 5.74) is 1.99. The number of rotatable bonds is 8. The van der Waals surface area contributed by atoms with Gasteiger partial charge in [0.05, 0.1) is 24.2 Å². The molecule has 12 heteroatoms. The van der Waals surface area contributed by atoms with Crippen molar-refractivity contribution in [3.8, 4) is 5.75 Å². The number of benzene rings is 2. The average Bonchev–Trinajstić information content (AvgIpc) is 3.24. The minimum absolute atomic E-state index is 0.112. The number of ether oxygens (including phenoxy) is 2. The Morgan fingerprint density at radius 3 is 2.77 bits per heavy atom. The van der Waals surface area contributed by atoms with Crippen LogP contribution in [0.1, 0.15) is 31.0 Å². The lowest BCUT2D eigenvalue weighted by atomic mass is 9.95. The molecule has 0 bridgehead atoms. The minimum Gasteiger partial charge on any atom is -0.490 e. The van der Waals surface area contributed by atoms with E-state index in [1.54, 1.807) is 24.6 Å². The SMILES string of the molecule is CCOC(=O)C1=C(C)Nc2nc(SCc3ccccc3Cl)nn2C1c1ccc(OC)c([N+](=O)[O-])c1. The minimum atomic E-state index is -0.794. The smallest absolute Gasteiger partial charge is 0.338 e. The molecule has 4 rings (SSSR count). The molecule has 0 aliphatic carbocycles. The predicted octanol–water partition coefficient (Wildman–Crippen LogP) is 4.99. The van der Waals surface area contributed by atoms with Crippen molar-refractivity contribution in [3.63, 3.8) is 0 Å². The van der Waals surface area contributed by atoms with Crippen molar-refractivity contribution in [1.29, 1.82) is 0 Å². The van der Waals surface area contributed by atoms with Gasteiger partial charge >= 0.3 is 11.7 Å². The predicted molar refractivity (Wildman–Crippen MR) is 132 cm³/mol. The number of carbonyl (C=O) groups excluding carboxylic acids is 1. The average molecular weight is 516 g/mol. The highest BCUT2D eigenvalue weighted by Crippen LogP contribution is 2.40. The van der Waals surface area contributed by atoms with Gasteiger partial charge in [-0.2, -0.15) is 4.98 Å². The first-order chi connectivity index (χ1) is 16.8. The molecular weight excluding hydrogens is 494 g/mol. The van der Waals surface area contributed by atoms with Gasteiger partial charge in [-0.1, -0.05) is 47.6 Å². The largest absolute Gasteiger partial charge is 0.490 e. The maximum absolute atomic E-state index is 12.9. The van der Waals surface area contributed by atoms with Crippen LogP contribution in [-0.4, -0.2) is 39.4 Å². The van der Waals surface area contributed by atoms with Crippen molar-refractivity contribution in [2.45, 2.75) is 30.8 Å². The van der Waals surface area contributed by atoms with Crippen molar-refractivity contribution in [1.82, 2.24) is 14.8 Å². The topological polar surface area (TPSA) is 121 Å². The summed E-state index contributed by atoms with van der Waals surface area (Å²) in [7, 11) is 1.36. The number of nitro benzene ring substituents is 1. The Morgan fingerprint density at radius 2 is 2.09 bits per heavy atom. The highest BCUT2D eigenvalue weighted by Gasteiger charge is 2.36. The first-order valence-corrected chi connectivity index (χ1v) is 12.0. The Kier molecular flexibility index (Phi) is 7.27. The maximum Gasteiger partial charge on any atom is 0.338 e. The van der Waals surface area contributed by atoms with Crippen LogP contribution >= 0.6 is 23.4 Å². The lowest BCUT2D eigenvalue weighted by Crippen LogP contribution is -2.29. The summed E-state index contributed by atoms with van der Waals surface area (Å²) < 4.78 is 12.0. The third kappa shape index (κ3) is 4.96. The number of hydrogen-bond donors (Lipinski definition) is 1. The fourth-order valence-corrected chi connectivity index (χ4v) is 4.87. The second-order valence-corrected chi connectivity index (χ2v) is 8.87. The Labute approximate surface area is 210 Å². The van der Waals surface area contributed by atoms with Crippen LogP contribution in [0.15, 0.2) is 58.9 Å². The molecule has 2 aromatic carbocycles. The van der Waals surface area contributed by atoms with Crippen LogP contribution in [0, 0.1) is 10.1 Å². The number of allylic oxidation sites excluding steroid dienone is 1. The number of methoxy groups -OCH3 is 1. The summed E-state index contributed by atoms with van der Waals surface area (Å²) in [5, 5.41) is 20.5. The number of fused-ring (bicyclic) bond motifs is 1. The van der Waals surface area contributed by atoms with Gasteiger partial charge in [0.1, 0.15) is 6.04 Å². The van der Waals surface area contributed by atoms with E-state index in [-0.39, 0.29) is 23.6 Å². The van der Waals surface area contributed by atoms with E-state index in [1.807, 2.05) is 24.3 Å². The monoisotopic (exact) mass is 515 g/mol. The molecule has 0 radical (unpaired) electrons. The number of thioether (sulfide) groups is 1. The molecule has 1 unspecified atom stereocenters. The van der Waals surface area contributed by atoms with Crippen LogP contribution in [0.25, 0.3) is 0 Å². The van der Waals surface area contributed by atoms with E-state index in [0.29, 0.717) is 33.1 Å². The summed E-state index contributed by atoms with van der Waals surface area (Å²) in [4.78, 5) is 28.6. The number of carbonyl (C=O) groups is 1. The lowest BCUT2D eigenvalue weighted by Gasteiger charge is -2.28. The molecule has 0 spiro atoms. The molecular formula is C23H22ClN5O5S. The van der Waals surface area contributed by atoms with Crippen LogP contribution in [0.4, 0.5) is 11.6 Å². The van der Waals surface area contributed by atoms with E-state index < -0.39 is 16.9 Å². The van der Waals surface area contributed by atoms with Crippen molar-refractivity contribution in [2.75, 3.05) is 19.0 Å². The molecule has 182 valence electrons. The molecule has 0 saturated carbocycles. The number of hydrogen-bond acceptors (Lipinski definition) is 9. The van der Waals surface area contributed by atoms with Crippen LogP contribution in [0.2, 0.25) is 5.02 Å². The number of nitrogens with zero attached hydrogens (tertiary/aromatic N) is 4. The highest BCUT2D eigenvalue weighted by atomic mass is 35.5. The first kappa shape index (κ1) is 24.6. The van der Waals surface area contributed by atoms with Crippen molar-refractivity contribution in [3.05, 3.63) is 80.0 Å². The highest BCUT2D eigenvalue weighted by molar-refractivity contribution is 7.98.